The normalized spacial score (nSPS) is 29.0. The maximum Gasteiger partial charge on any atom is 0.256 e. The maximum absolute atomic E-state index is 15.2. The minimum atomic E-state index is -3.82. The number of likely N-dealkylation sites (tertiary alicyclic amines) is 2. The standard InChI is InChI=1S/C43H72N6O7S/c1-9-16-30(35(50)47-57(55,56)29-20-21-29)44-37(52)32-25-43(41(7,8)42(43)22-15-23-42)26-49(32)39(54)34(40(4,5)6)46-38(53)33(28-17-11-10-12-18-28)45-36(51)31-19-13-14-24-48(31)27(2)3/h27-34H,9-26H2,1-8H3,(H,44,52)(H,45,51)(H,46,53)(H,47,50)/t30-,31-,32-,33-,34+,43+/m0/s1. The van der Waals surface area contributed by atoms with Crippen molar-refractivity contribution in [3.05, 3.63) is 0 Å². The summed E-state index contributed by atoms with van der Waals surface area (Å²) >= 11 is 0. The molecular formula is C43H72N6O7S. The number of amides is 5. The van der Waals surface area contributed by atoms with Crippen molar-refractivity contribution in [2.45, 2.75) is 200 Å². The van der Waals surface area contributed by atoms with Crippen LogP contribution < -0.4 is 20.7 Å². The fraction of sp³-hybridized carbons (Fsp3) is 0.884. The predicted molar refractivity (Wildman–Crippen MR) is 219 cm³/mol. The molecule has 6 aliphatic rings. The third-order valence-electron chi connectivity index (χ3n) is 15.4. The second-order valence-corrected chi connectivity index (χ2v) is 22.4. The molecule has 0 aromatic carbocycles. The summed E-state index contributed by atoms with van der Waals surface area (Å²) < 4.78 is 27.6. The van der Waals surface area contributed by atoms with Crippen molar-refractivity contribution in [3.63, 3.8) is 0 Å². The molecule has 2 spiro atoms. The SMILES string of the molecule is CCC[C@H](NC(=O)[C@@H]1C[C@@]2(CN1C(=O)[C@@H](NC(=O)[C@@H](NC(=O)[C@@H]1CCCCN1C(C)C)C1CCCCC1)C(C)(C)C)C(C)(C)C21CCC1)C(=O)NS(=O)(=O)C1CC1. The lowest BCUT2D eigenvalue weighted by atomic mass is 9.73. The van der Waals surface area contributed by atoms with E-state index in [0.717, 1.165) is 77.2 Å². The smallest absolute Gasteiger partial charge is 0.256 e. The number of nitrogens with one attached hydrogen (secondary N) is 4. The summed E-state index contributed by atoms with van der Waals surface area (Å²) in [4.78, 5) is 75.6. The Hall–Kier alpha value is -2.74. The third-order valence-corrected chi connectivity index (χ3v) is 17.3. The van der Waals surface area contributed by atoms with Crippen LogP contribution in [-0.4, -0.2) is 102 Å². The average molecular weight is 817 g/mol. The predicted octanol–water partition coefficient (Wildman–Crippen LogP) is 4.54. The van der Waals surface area contributed by atoms with Gasteiger partial charge < -0.3 is 20.9 Å². The number of nitrogens with zero attached hydrogens (tertiary/aromatic N) is 2. The van der Waals surface area contributed by atoms with Gasteiger partial charge in [0.05, 0.1) is 11.3 Å². The molecule has 0 unspecified atom stereocenters. The van der Waals surface area contributed by atoms with Crippen molar-refractivity contribution in [3.8, 4) is 0 Å². The van der Waals surface area contributed by atoms with Crippen LogP contribution in [0.15, 0.2) is 0 Å². The Labute approximate surface area is 341 Å². The molecule has 6 atom stereocenters. The molecule has 2 heterocycles. The van der Waals surface area contributed by atoms with Gasteiger partial charge in [0.1, 0.15) is 24.2 Å². The van der Waals surface area contributed by atoms with Crippen molar-refractivity contribution in [2.24, 2.45) is 27.6 Å². The minimum absolute atomic E-state index is 0.00588. The Kier molecular flexibility index (Phi) is 12.6. The van der Waals surface area contributed by atoms with E-state index in [2.05, 4.69) is 53.3 Å². The first kappa shape index (κ1) is 43.8. The first-order valence-corrected chi connectivity index (χ1v) is 23.8. The van der Waals surface area contributed by atoms with Crippen LogP contribution in [0.5, 0.6) is 0 Å². The minimum Gasteiger partial charge on any atom is -0.343 e. The van der Waals surface area contributed by atoms with E-state index in [1.165, 1.54) is 0 Å². The number of sulfonamides is 1. The van der Waals surface area contributed by atoms with E-state index >= 15 is 4.79 Å². The summed E-state index contributed by atoms with van der Waals surface area (Å²) in [7, 11) is -3.82. The van der Waals surface area contributed by atoms with Gasteiger partial charge in [0, 0.05) is 18.0 Å². The van der Waals surface area contributed by atoms with Crippen molar-refractivity contribution < 1.29 is 32.4 Å². The summed E-state index contributed by atoms with van der Waals surface area (Å²) in [5, 5.41) is 8.64. The van der Waals surface area contributed by atoms with Gasteiger partial charge in [-0.3, -0.25) is 33.6 Å². The number of carbonyl (C=O) groups excluding carboxylic acids is 5. The Morgan fingerprint density at radius 1 is 0.772 bits per heavy atom. The van der Waals surface area contributed by atoms with Crippen LogP contribution in [0.1, 0.15) is 158 Å². The molecular weight excluding hydrogens is 745 g/mol. The zero-order valence-electron chi connectivity index (χ0n) is 36.0. The van der Waals surface area contributed by atoms with Gasteiger partial charge in [-0.1, -0.05) is 80.1 Å². The van der Waals surface area contributed by atoms with E-state index in [9.17, 15) is 27.6 Å². The topological polar surface area (TPSA) is 174 Å². The summed E-state index contributed by atoms with van der Waals surface area (Å²) in [6.07, 6.45) is 12.7. The third kappa shape index (κ3) is 8.25. The molecule has 6 fully saturated rings. The number of hydrogen-bond donors (Lipinski definition) is 4. The van der Waals surface area contributed by atoms with Crippen LogP contribution in [0.3, 0.4) is 0 Å². The monoisotopic (exact) mass is 817 g/mol. The molecule has 4 N–H and O–H groups in total. The molecule has 6 rings (SSSR count). The molecule has 0 aromatic rings. The molecule has 2 aliphatic heterocycles. The first-order chi connectivity index (χ1) is 26.7. The van der Waals surface area contributed by atoms with E-state index < -0.39 is 56.7 Å². The van der Waals surface area contributed by atoms with Crippen LogP contribution >= 0.6 is 0 Å². The van der Waals surface area contributed by atoms with Gasteiger partial charge in [0.15, 0.2) is 0 Å². The number of fused-ring (bicyclic) bond motifs is 1. The summed E-state index contributed by atoms with van der Waals surface area (Å²) in [5.74, 6) is -2.16. The van der Waals surface area contributed by atoms with Gasteiger partial charge in [0.25, 0.3) is 5.91 Å². The van der Waals surface area contributed by atoms with Crippen molar-refractivity contribution in [1.29, 1.82) is 0 Å². The van der Waals surface area contributed by atoms with E-state index in [1.807, 2.05) is 27.7 Å². The lowest BCUT2D eigenvalue weighted by Crippen LogP contribution is -2.63. The Balaban J connectivity index is 1.26. The quantitative estimate of drug-likeness (QED) is 0.198. The maximum atomic E-state index is 15.2. The Morgan fingerprint density at radius 2 is 1.40 bits per heavy atom. The zero-order chi connectivity index (χ0) is 41.7. The van der Waals surface area contributed by atoms with Gasteiger partial charge in [-0.05, 0) is 107 Å². The molecule has 2 saturated heterocycles. The second-order valence-electron chi connectivity index (χ2n) is 20.4. The molecule has 0 radical (unpaired) electrons. The van der Waals surface area contributed by atoms with E-state index in [-0.39, 0.29) is 58.4 Å². The lowest BCUT2D eigenvalue weighted by molar-refractivity contribution is -0.145. The largest absolute Gasteiger partial charge is 0.343 e. The van der Waals surface area contributed by atoms with Crippen molar-refractivity contribution >= 4 is 39.6 Å². The fourth-order valence-corrected chi connectivity index (χ4v) is 12.9. The van der Waals surface area contributed by atoms with Crippen LogP contribution in [0.2, 0.25) is 0 Å². The van der Waals surface area contributed by atoms with Gasteiger partial charge in [0.2, 0.25) is 33.7 Å². The molecule has 4 saturated carbocycles. The molecule has 4 aliphatic carbocycles. The number of carbonyl (C=O) groups is 5. The number of rotatable bonds is 14. The second kappa shape index (κ2) is 16.4. The van der Waals surface area contributed by atoms with Gasteiger partial charge in [-0.2, -0.15) is 0 Å². The highest BCUT2D eigenvalue weighted by atomic mass is 32.2. The molecule has 322 valence electrons. The number of piperidine rings is 1. The highest BCUT2D eigenvalue weighted by Crippen LogP contribution is 2.88. The Bertz CT molecular complexity index is 1660. The zero-order valence-corrected chi connectivity index (χ0v) is 36.8. The molecule has 5 amide bonds. The van der Waals surface area contributed by atoms with E-state index in [1.54, 1.807) is 4.90 Å². The summed E-state index contributed by atoms with van der Waals surface area (Å²) in [6.45, 7) is 17.4. The fourth-order valence-electron chi connectivity index (χ4n) is 11.6. The van der Waals surface area contributed by atoms with Crippen LogP contribution in [0.25, 0.3) is 0 Å². The Morgan fingerprint density at radius 3 is 1.95 bits per heavy atom. The highest BCUT2D eigenvalue weighted by molar-refractivity contribution is 7.90. The molecule has 0 bridgehead atoms. The molecule has 13 nitrogen and oxygen atoms in total. The highest BCUT2D eigenvalue weighted by Gasteiger charge is 2.85. The summed E-state index contributed by atoms with van der Waals surface area (Å²) in [5.41, 5.74) is -1.17. The van der Waals surface area contributed by atoms with Gasteiger partial charge in [-0.25, -0.2) is 8.42 Å². The summed E-state index contributed by atoms with van der Waals surface area (Å²) in [6, 6.07) is -3.91. The lowest BCUT2D eigenvalue weighted by Gasteiger charge is -2.40. The first-order valence-electron chi connectivity index (χ1n) is 22.2. The van der Waals surface area contributed by atoms with Gasteiger partial charge in [-0.15, -0.1) is 0 Å². The molecule has 57 heavy (non-hydrogen) atoms. The van der Waals surface area contributed by atoms with Crippen LogP contribution in [0, 0.1) is 27.6 Å². The molecule has 0 aromatic heterocycles. The molecule has 14 heteroatoms. The van der Waals surface area contributed by atoms with Crippen LogP contribution in [0.4, 0.5) is 0 Å². The van der Waals surface area contributed by atoms with E-state index in [4.69, 9.17) is 0 Å². The van der Waals surface area contributed by atoms with Gasteiger partial charge >= 0.3 is 0 Å². The van der Waals surface area contributed by atoms with Crippen LogP contribution in [-0.2, 0) is 34.0 Å². The average Bonchev–Trinajstić information content (AvgIpc) is 4.00. The van der Waals surface area contributed by atoms with Crippen molar-refractivity contribution in [2.75, 3.05) is 13.1 Å². The van der Waals surface area contributed by atoms with E-state index in [0.29, 0.717) is 32.2 Å². The van der Waals surface area contributed by atoms with Crippen molar-refractivity contribution in [1.82, 2.24) is 30.5 Å². The number of hydrogen-bond acceptors (Lipinski definition) is 8.